The Morgan fingerprint density at radius 3 is 2.69 bits per heavy atom. The van der Waals surface area contributed by atoms with Gasteiger partial charge in [-0.3, -0.25) is 4.79 Å². The van der Waals surface area contributed by atoms with Gasteiger partial charge >= 0.3 is 0 Å². The third-order valence-corrected chi connectivity index (χ3v) is 4.25. The summed E-state index contributed by atoms with van der Waals surface area (Å²) < 4.78 is 5.60. The average Bonchev–Trinajstić information content (AvgIpc) is 3.13. The van der Waals surface area contributed by atoms with Crippen LogP contribution in [0.2, 0.25) is 0 Å². The molecule has 1 aromatic heterocycles. The van der Waals surface area contributed by atoms with Crippen LogP contribution >= 0.6 is 0 Å². The van der Waals surface area contributed by atoms with E-state index in [4.69, 9.17) is 4.74 Å². The number of amides is 1. The van der Waals surface area contributed by atoms with E-state index in [9.17, 15) is 4.79 Å². The van der Waals surface area contributed by atoms with Gasteiger partial charge in [0.2, 0.25) is 0 Å². The number of anilines is 3. The van der Waals surface area contributed by atoms with Gasteiger partial charge in [0.05, 0.1) is 6.10 Å². The normalized spacial score (nSPS) is 16.3. The SMILES string of the molecule is Cc1nc(NCC2CCCO2)cc(C(=O)Nc2ccc(N(C)C)cc2)n1. The molecule has 1 amide bonds. The third-order valence-electron chi connectivity index (χ3n) is 4.25. The third kappa shape index (κ3) is 4.70. The molecule has 2 aromatic rings. The molecule has 3 rings (SSSR count). The quantitative estimate of drug-likeness (QED) is 0.829. The number of aromatic nitrogens is 2. The van der Waals surface area contributed by atoms with Gasteiger partial charge in [0.1, 0.15) is 17.3 Å². The molecule has 1 aliphatic rings. The van der Waals surface area contributed by atoms with E-state index in [1.54, 1.807) is 13.0 Å². The van der Waals surface area contributed by atoms with Crippen molar-refractivity contribution in [2.24, 2.45) is 0 Å². The summed E-state index contributed by atoms with van der Waals surface area (Å²) in [5, 5.41) is 6.12. The van der Waals surface area contributed by atoms with Gasteiger partial charge < -0.3 is 20.3 Å². The first-order valence-electron chi connectivity index (χ1n) is 8.81. The zero-order chi connectivity index (χ0) is 18.5. The van der Waals surface area contributed by atoms with Crippen molar-refractivity contribution in [1.82, 2.24) is 9.97 Å². The molecule has 1 atom stereocenters. The second kappa shape index (κ2) is 8.14. The van der Waals surface area contributed by atoms with E-state index < -0.39 is 0 Å². The van der Waals surface area contributed by atoms with E-state index >= 15 is 0 Å². The van der Waals surface area contributed by atoms with Crippen molar-refractivity contribution >= 4 is 23.1 Å². The summed E-state index contributed by atoms with van der Waals surface area (Å²) in [6, 6.07) is 9.33. The Bertz CT molecular complexity index is 755. The van der Waals surface area contributed by atoms with Crippen LogP contribution in [0.1, 0.15) is 29.2 Å². The topological polar surface area (TPSA) is 79.4 Å². The fourth-order valence-electron chi connectivity index (χ4n) is 2.84. The van der Waals surface area contributed by atoms with Crippen molar-refractivity contribution in [2.75, 3.05) is 42.8 Å². The molecule has 7 nitrogen and oxygen atoms in total. The minimum Gasteiger partial charge on any atom is -0.378 e. The molecule has 1 aromatic carbocycles. The number of hydrogen-bond acceptors (Lipinski definition) is 6. The minimum absolute atomic E-state index is 0.206. The number of rotatable bonds is 6. The maximum absolute atomic E-state index is 12.5. The van der Waals surface area contributed by atoms with E-state index in [0.29, 0.717) is 23.9 Å². The van der Waals surface area contributed by atoms with Crippen LogP contribution in [-0.2, 0) is 4.74 Å². The lowest BCUT2D eigenvalue weighted by Gasteiger charge is -2.14. The number of benzene rings is 1. The van der Waals surface area contributed by atoms with Crippen LogP contribution in [0.15, 0.2) is 30.3 Å². The Morgan fingerprint density at radius 2 is 2.04 bits per heavy atom. The van der Waals surface area contributed by atoms with Crippen molar-refractivity contribution in [3.05, 3.63) is 41.9 Å². The van der Waals surface area contributed by atoms with E-state index in [1.165, 1.54) is 0 Å². The Labute approximate surface area is 153 Å². The van der Waals surface area contributed by atoms with Gasteiger partial charge in [-0.1, -0.05) is 0 Å². The van der Waals surface area contributed by atoms with Crippen molar-refractivity contribution < 1.29 is 9.53 Å². The molecule has 1 saturated heterocycles. The van der Waals surface area contributed by atoms with Crippen molar-refractivity contribution in [2.45, 2.75) is 25.9 Å². The second-order valence-electron chi connectivity index (χ2n) is 6.60. The van der Waals surface area contributed by atoms with E-state index in [2.05, 4.69) is 20.6 Å². The highest BCUT2D eigenvalue weighted by Gasteiger charge is 2.16. The lowest BCUT2D eigenvalue weighted by atomic mass is 10.2. The van der Waals surface area contributed by atoms with Crippen LogP contribution in [0.25, 0.3) is 0 Å². The first-order chi connectivity index (χ1) is 12.5. The second-order valence-corrected chi connectivity index (χ2v) is 6.60. The number of aryl methyl sites for hydroxylation is 1. The van der Waals surface area contributed by atoms with Crippen molar-refractivity contribution in [3.63, 3.8) is 0 Å². The van der Waals surface area contributed by atoms with Crippen LogP contribution in [0, 0.1) is 6.92 Å². The molecule has 1 unspecified atom stereocenters. The molecule has 1 aliphatic heterocycles. The number of nitrogens with one attached hydrogen (secondary N) is 2. The maximum atomic E-state index is 12.5. The summed E-state index contributed by atoms with van der Waals surface area (Å²) >= 11 is 0. The molecule has 138 valence electrons. The number of ether oxygens (including phenoxy) is 1. The highest BCUT2D eigenvalue weighted by molar-refractivity contribution is 6.03. The fraction of sp³-hybridized carbons (Fsp3) is 0.421. The van der Waals surface area contributed by atoms with E-state index in [-0.39, 0.29) is 12.0 Å². The summed E-state index contributed by atoms with van der Waals surface area (Å²) in [6.45, 7) is 3.28. The van der Waals surface area contributed by atoms with Crippen LogP contribution in [0.5, 0.6) is 0 Å². The molecular formula is C19H25N5O2. The number of hydrogen-bond donors (Lipinski definition) is 2. The molecule has 0 radical (unpaired) electrons. The predicted molar refractivity (Wildman–Crippen MR) is 103 cm³/mol. The van der Waals surface area contributed by atoms with Gasteiger partial charge in [0, 0.05) is 44.7 Å². The van der Waals surface area contributed by atoms with Crippen LogP contribution < -0.4 is 15.5 Å². The molecule has 1 fully saturated rings. The number of nitrogens with zero attached hydrogens (tertiary/aromatic N) is 3. The van der Waals surface area contributed by atoms with Crippen LogP contribution in [0.4, 0.5) is 17.2 Å². The number of carbonyl (C=O) groups is 1. The molecule has 7 heteroatoms. The summed E-state index contributed by atoms with van der Waals surface area (Å²) in [7, 11) is 3.95. The molecule has 26 heavy (non-hydrogen) atoms. The predicted octanol–water partition coefficient (Wildman–Crippen LogP) is 2.69. The van der Waals surface area contributed by atoms with E-state index in [0.717, 1.165) is 30.8 Å². The Morgan fingerprint density at radius 1 is 1.27 bits per heavy atom. The summed E-state index contributed by atoms with van der Waals surface area (Å²) in [6.07, 6.45) is 2.35. The Kier molecular flexibility index (Phi) is 5.68. The van der Waals surface area contributed by atoms with E-state index in [1.807, 2.05) is 43.3 Å². The molecule has 0 bridgehead atoms. The van der Waals surface area contributed by atoms with Gasteiger partial charge in [0.15, 0.2) is 0 Å². The molecule has 0 saturated carbocycles. The first kappa shape index (κ1) is 18.1. The monoisotopic (exact) mass is 355 g/mol. The van der Waals surface area contributed by atoms with Crippen LogP contribution in [-0.4, -0.2) is 49.2 Å². The standard InChI is InChI=1S/C19H25N5O2/c1-13-21-17(11-18(22-13)20-12-16-5-4-10-26-16)19(25)23-14-6-8-15(9-7-14)24(2)3/h6-9,11,16H,4-5,10,12H2,1-3H3,(H,23,25)(H,20,21,22). The minimum atomic E-state index is -0.256. The fourth-order valence-corrected chi connectivity index (χ4v) is 2.84. The van der Waals surface area contributed by atoms with Gasteiger partial charge in [0.25, 0.3) is 5.91 Å². The summed E-state index contributed by atoms with van der Waals surface area (Å²) in [5.74, 6) is 0.935. The van der Waals surface area contributed by atoms with Crippen molar-refractivity contribution in [3.8, 4) is 0 Å². The average molecular weight is 355 g/mol. The highest BCUT2D eigenvalue weighted by Crippen LogP contribution is 2.17. The zero-order valence-electron chi connectivity index (χ0n) is 15.5. The zero-order valence-corrected chi connectivity index (χ0v) is 15.5. The lowest BCUT2D eigenvalue weighted by Crippen LogP contribution is -2.20. The summed E-state index contributed by atoms with van der Waals surface area (Å²) in [4.78, 5) is 23.1. The Hall–Kier alpha value is -2.67. The highest BCUT2D eigenvalue weighted by atomic mass is 16.5. The molecule has 2 heterocycles. The molecular weight excluding hydrogens is 330 g/mol. The van der Waals surface area contributed by atoms with Crippen LogP contribution in [0.3, 0.4) is 0 Å². The maximum Gasteiger partial charge on any atom is 0.274 e. The number of carbonyl (C=O) groups excluding carboxylic acids is 1. The summed E-state index contributed by atoms with van der Waals surface area (Å²) in [5.41, 5.74) is 2.14. The molecule has 2 N–H and O–H groups in total. The largest absolute Gasteiger partial charge is 0.378 e. The van der Waals surface area contributed by atoms with Crippen molar-refractivity contribution in [1.29, 1.82) is 0 Å². The van der Waals surface area contributed by atoms with Gasteiger partial charge in [-0.05, 0) is 44.0 Å². The lowest BCUT2D eigenvalue weighted by molar-refractivity contribution is 0.102. The van der Waals surface area contributed by atoms with Gasteiger partial charge in [-0.25, -0.2) is 9.97 Å². The smallest absolute Gasteiger partial charge is 0.274 e. The van der Waals surface area contributed by atoms with Gasteiger partial charge in [-0.15, -0.1) is 0 Å². The van der Waals surface area contributed by atoms with Gasteiger partial charge in [-0.2, -0.15) is 0 Å². The first-order valence-corrected chi connectivity index (χ1v) is 8.81. The molecule has 0 aliphatic carbocycles. The molecule has 0 spiro atoms. The Balaban J connectivity index is 1.66.